The molecule has 0 aliphatic carbocycles. The molecule has 0 aromatic heterocycles. The normalized spacial score (nSPS) is 11.0. The highest BCUT2D eigenvalue weighted by atomic mass is 16.5. The van der Waals surface area contributed by atoms with Gasteiger partial charge in [0.1, 0.15) is 0 Å². The van der Waals surface area contributed by atoms with E-state index in [0.29, 0.717) is 6.42 Å². The molecular weight excluding hydrogens is 160 g/mol. The van der Waals surface area contributed by atoms with Crippen LogP contribution in [0.3, 0.4) is 0 Å². The highest BCUT2D eigenvalue weighted by Gasteiger charge is 2.12. The van der Waals surface area contributed by atoms with E-state index in [2.05, 4.69) is 4.74 Å². The van der Waals surface area contributed by atoms with Crippen LogP contribution in [-0.4, -0.2) is 24.2 Å². The third kappa shape index (κ3) is 3.75. The van der Waals surface area contributed by atoms with Gasteiger partial charge in [0.05, 0.1) is 13.5 Å². The number of rotatable bonds is 4. The van der Waals surface area contributed by atoms with Crippen molar-refractivity contribution in [1.29, 1.82) is 0 Å². The van der Waals surface area contributed by atoms with Crippen molar-refractivity contribution in [3.8, 4) is 0 Å². The van der Waals surface area contributed by atoms with E-state index in [1.54, 1.807) is 6.08 Å². The van der Waals surface area contributed by atoms with Crippen molar-refractivity contribution in [3.63, 3.8) is 0 Å². The number of hydrogen-bond acceptors (Lipinski definition) is 3. The molecule has 0 aromatic rings. The summed E-state index contributed by atoms with van der Waals surface area (Å²) >= 11 is 0. The molecule has 0 unspecified atom stereocenters. The molecule has 68 valence electrons. The largest absolute Gasteiger partial charge is 0.481 e. The molecule has 0 saturated heterocycles. The Bertz CT molecular complexity index is 205. The quantitative estimate of drug-likeness (QED) is 0.507. The maximum Gasteiger partial charge on any atom is 0.333 e. The standard InChI is InChI=1S/C8H12O4/c1-3-4-6(5-7(9)10)8(11)12-2/h4H,3,5H2,1-2H3,(H,9,10). The second kappa shape index (κ2) is 5.35. The molecule has 4 heteroatoms. The molecule has 0 saturated carbocycles. The molecule has 0 aromatic carbocycles. The lowest BCUT2D eigenvalue weighted by Crippen LogP contribution is -2.09. The number of aliphatic carboxylic acids is 1. The minimum atomic E-state index is -1.03. The second-order valence-electron chi connectivity index (χ2n) is 2.20. The van der Waals surface area contributed by atoms with Gasteiger partial charge in [-0.3, -0.25) is 4.79 Å². The van der Waals surface area contributed by atoms with E-state index < -0.39 is 11.9 Å². The number of esters is 1. The third-order valence-electron chi connectivity index (χ3n) is 1.24. The lowest BCUT2D eigenvalue weighted by Gasteiger charge is -2.00. The van der Waals surface area contributed by atoms with Gasteiger partial charge in [-0.1, -0.05) is 13.0 Å². The van der Waals surface area contributed by atoms with Gasteiger partial charge in [-0.15, -0.1) is 0 Å². The van der Waals surface area contributed by atoms with Crippen molar-refractivity contribution in [2.24, 2.45) is 0 Å². The fourth-order valence-electron chi connectivity index (χ4n) is 0.768. The highest BCUT2D eigenvalue weighted by molar-refractivity contribution is 5.93. The van der Waals surface area contributed by atoms with E-state index in [9.17, 15) is 9.59 Å². The van der Waals surface area contributed by atoms with Gasteiger partial charge in [-0.2, -0.15) is 0 Å². The first-order valence-electron chi connectivity index (χ1n) is 3.61. The number of carbonyl (C=O) groups excluding carboxylic acids is 1. The van der Waals surface area contributed by atoms with E-state index >= 15 is 0 Å². The number of carboxylic acid groups (broad SMARTS) is 1. The Hall–Kier alpha value is -1.32. The zero-order chi connectivity index (χ0) is 9.56. The Morgan fingerprint density at radius 3 is 2.42 bits per heavy atom. The van der Waals surface area contributed by atoms with Crippen LogP contribution in [0.15, 0.2) is 11.6 Å². The molecule has 0 heterocycles. The molecule has 12 heavy (non-hydrogen) atoms. The van der Waals surface area contributed by atoms with Crippen LogP contribution in [-0.2, 0) is 14.3 Å². The SMILES string of the molecule is CCC=C(CC(=O)O)C(=O)OC. The van der Waals surface area contributed by atoms with E-state index in [4.69, 9.17) is 5.11 Å². The summed E-state index contributed by atoms with van der Waals surface area (Å²) in [7, 11) is 1.23. The van der Waals surface area contributed by atoms with Crippen molar-refractivity contribution in [1.82, 2.24) is 0 Å². The number of allylic oxidation sites excluding steroid dienone is 1. The molecule has 0 aliphatic heterocycles. The van der Waals surface area contributed by atoms with Crippen molar-refractivity contribution in [2.75, 3.05) is 7.11 Å². The fraction of sp³-hybridized carbons (Fsp3) is 0.500. The average Bonchev–Trinajstić information content (AvgIpc) is 2.01. The summed E-state index contributed by atoms with van der Waals surface area (Å²) in [6.07, 6.45) is 1.90. The van der Waals surface area contributed by atoms with Gasteiger partial charge in [0.25, 0.3) is 0 Å². The number of ether oxygens (including phenoxy) is 1. The summed E-state index contributed by atoms with van der Waals surface area (Å²) < 4.78 is 4.40. The molecule has 0 radical (unpaired) electrons. The first kappa shape index (κ1) is 10.7. The lowest BCUT2D eigenvalue weighted by atomic mass is 10.1. The summed E-state index contributed by atoms with van der Waals surface area (Å²) in [6.45, 7) is 1.82. The number of hydrogen-bond donors (Lipinski definition) is 1. The second-order valence-corrected chi connectivity index (χ2v) is 2.20. The van der Waals surface area contributed by atoms with Crippen LogP contribution < -0.4 is 0 Å². The van der Waals surface area contributed by atoms with Gasteiger partial charge < -0.3 is 9.84 Å². The summed E-state index contributed by atoms with van der Waals surface area (Å²) in [5, 5.41) is 8.41. The van der Waals surface area contributed by atoms with Crippen LogP contribution in [0.4, 0.5) is 0 Å². The maximum atomic E-state index is 10.9. The Morgan fingerprint density at radius 1 is 1.50 bits per heavy atom. The molecule has 0 bridgehead atoms. The van der Waals surface area contributed by atoms with Crippen LogP contribution in [0.2, 0.25) is 0 Å². The van der Waals surface area contributed by atoms with Gasteiger partial charge in [0.2, 0.25) is 0 Å². The molecule has 0 rings (SSSR count). The van der Waals surface area contributed by atoms with E-state index in [0.717, 1.165) is 0 Å². The molecule has 0 aliphatic rings. The Kier molecular flexibility index (Phi) is 4.76. The van der Waals surface area contributed by atoms with Gasteiger partial charge in [0.15, 0.2) is 0 Å². The lowest BCUT2D eigenvalue weighted by molar-refractivity contribution is -0.141. The number of carboxylic acids is 1. The molecular formula is C8H12O4. The van der Waals surface area contributed by atoms with Crippen molar-refractivity contribution in [2.45, 2.75) is 19.8 Å². The topological polar surface area (TPSA) is 63.6 Å². The third-order valence-corrected chi connectivity index (χ3v) is 1.24. The monoisotopic (exact) mass is 172 g/mol. The Labute approximate surface area is 70.8 Å². The highest BCUT2D eigenvalue weighted by Crippen LogP contribution is 2.04. The number of carbonyl (C=O) groups is 2. The van der Waals surface area contributed by atoms with E-state index in [-0.39, 0.29) is 12.0 Å². The van der Waals surface area contributed by atoms with Crippen LogP contribution in [0.1, 0.15) is 19.8 Å². The van der Waals surface area contributed by atoms with Crippen molar-refractivity contribution in [3.05, 3.63) is 11.6 Å². The average molecular weight is 172 g/mol. The zero-order valence-corrected chi connectivity index (χ0v) is 7.16. The molecule has 1 N–H and O–H groups in total. The Balaban J connectivity index is 4.34. The molecule has 0 amide bonds. The summed E-state index contributed by atoms with van der Waals surface area (Å²) in [5.41, 5.74) is 0.201. The van der Waals surface area contributed by atoms with Crippen LogP contribution >= 0.6 is 0 Å². The van der Waals surface area contributed by atoms with Crippen LogP contribution in [0, 0.1) is 0 Å². The number of methoxy groups -OCH3 is 1. The summed E-state index contributed by atoms with van der Waals surface area (Å²) in [5.74, 6) is -1.60. The predicted octanol–water partition coefficient (Wildman–Crippen LogP) is 0.970. The van der Waals surface area contributed by atoms with Gasteiger partial charge in [-0.25, -0.2) is 4.79 Å². The van der Waals surface area contributed by atoms with Crippen molar-refractivity contribution >= 4 is 11.9 Å². The molecule has 0 fully saturated rings. The Morgan fingerprint density at radius 2 is 2.08 bits per heavy atom. The van der Waals surface area contributed by atoms with Gasteiger partial charge in [0, 0.05) is 5.57 Å². The summed E-state index contributed by atoms with van der Waals surface area (Å²) in [6, 6.07) is 0. The first-order chi connectivity index (χ1) is 5.61. The van der Waals surface area contributed by atoms with Crippen molar-refractivity contribution < 1.29 is 19.4 Å². The smallest absolute Gasteiger partial charge is 0.333 e. The van der Waals surface area contributed by atoms with Crippen LogP contribution in [0.25, 0.3) is 0 Å². The van der Waals surface area contributed by atoms with Gasteiger partial charge >= 0.3 is 11.9 Å². The minimum Gasteiger partial charge on any atom is -0.481 e. The first-order valence-corrected chi connectivity index (χ1v) is 3.61. The van der Waals surface area contributed by atoms with E-state index in [1.807, 2.05) is 6.92 Å². The van der Waals surface area contributed by atoms with Gasteiger partial charge in [-0.05, 0) is 6.42 Å². The zero-order valence-electron chi connectivity index (χ0n) is 7.16. The fourth-order valence-corrected chi connectivity index (χ4v) is 0.768. The maximum absolute atomic E-state index is 10.9. The van der Waals surface area contributed by atoms with Crippen LogP contribution in [0.5, 0.6) is 0 Å². The summed E-state index contributed by atoms with van der Waals surface area (Å²) in [4.78, 5) is 21.1. The minimum absolute atomic E-state index is 0.201. The van der Waals surface area contributed by atoms with E-state index in [1.165, 1.54) is 7.11 Å². The predicted molar refractivity (Wildman–Crippen MR) is 42.6 cm³/mol. The molecule has 4 nitrogen and oxygen atoms in total. The molecule has 0 spiro atoms. The molecule has 0 atom stereocenters.